The first-order valence-electron chi connectivity index (χ1n) is 5.29. The predicted molar refractivity (Wildman–Crippen MR) is 73.2 cm³/mol. The number of phenols is 1. The lowest BCUT2D eigenvalue weighted by molar-refractivity contribution is 0.437. The van der Waals surface area contributed by atoms with Crippen molar-refractivity contribution in [3.05, 3.63) is 40.9 Å². The maximum atomic E-state index is 10.0. The van der Waals surface area contributed by atoms with Crippen molar-refractivity contribution in [1.82, 2.24) is 5.16 Å². The summed E-state index contributed by atoms with van der Waals surface area (Å²) in [6.45, 7) is 0. The van der Waals surface area contributed by atoms with E-state index in [2.05, 4.69) is 21.1 Å². The topological polar surface area (TPSA) is 72.3 Å². The SMILES string of the molecule is Nc1cc(-c2c(O)ccc3cc(Br)ccc23)no1. The molecule has 0 aliphatic rings. The Kier molecular flexibility index (Phi) is 2.48. The Labute approximate surface area is 111 Å². The van der Waals surface area contributed by atoms with Gasteiger partial charge in [0.1, 0.15) is 11.4 Å². The molecule has 0 radical (unpaired) electrons. The standard InChI is InChI=1S/C13H9BrN2O2/c14-8-2-3-9-7(5-8)1-4-11(17)13(9)10-6-12(15)18-16-10/h1-6,17H,15H2. The Balaban J connectivity index is 2.36. The third-order valence-corrected chi connectivity index (χ3v) is 3.24. The number of rotatable bonds is 1. The fourth-order valence-corrected chi connectivity index (χ4v) is 2.34. The summed E-state index contributed by atoms with van der Waals surface area (Å²) in [5.74, 6) is 0.372. The van der Waals surface area contributed by atoms with E-state index < -0.39 is 0 Å². The van der Waals surface area contributed by atoms with Crippen molar-refractivity contribution < 1.29 is 9.63 Å². The first-order chi connectivity index (χ1) is 8.65. The number of nitrogen functional groups attached to an aromatic ring is 1. The zero-order chi connectivity index (χ0) is 12.7. The van der Waals surface area contributed by atoms with Crippen molar-refractivity contribution in [3.63, 3.8) is 0 Å². The molecule has 1 heterocycles. The highest BCUT2D eigenvalue weighted by atomic mass is 79.9. The number of hydrogen-bond acceptors (Lipinski definition) is 4. The van der Waals surface area contributed by atoms with Gasteiger partial charge in [0.05, 0.1) is 5.56 Å². The molecule has 0 unspecified atom stereocenters. The van der Waals surface area contributed by atoms with Gasteiger partial charge < -0.3 is 15.4 Å². The molecule has 0 atom stereocenters. The highest BCUT2D eigenvalue weighted by Crippen LogP contribution is 2.37. The molecule has 3 rings (SSSR count). The Morgan fingerprint density at radius 2 is 2.00 bits per heavy atom. The van der Waals surface area contributed by atoms with Gasteiger partial charge >= 0.3 is 0 Å². The molecular formula is C13H9BrN2O2. The van der Waals surface area contributed by atoms with E-state index in [1.54, 1.807) is 12.1 Å². The number of fused-ring (bicyclic) bond motifs is 1. The molecule has 3 N–H and O–H groups in total. The van der Waals surface area contributed by atoms with Crippen molar-refractivity contribution in [1.29, 1.82) is 0 Å². The fourth-order valence-electron chi connectivity index (χ4n) is 1.97. The van der Waals surface area contributed by atoms with E-state index in [0.29, 0.717) is 11.3 Å². The lowest BCUT2D eigenvalue weighted by atomic mass is 10.0. The summed E-state index contributed by atoms with van der Waals surface area (Å²) < 4.78 is 5.83. The average Bonchev–Trinajstić information content (AvgIpc) is 2.76. The number of hydrogen-bond donors (Lipinski definition) is 2. The van der Waals surface area contributed by atoms with Crippen LogP contribution in [0, 0.1) is 0 Å². The highest BCUT2D eigenvalue weighted by Gasteiger charge is 2.13. The molecule has 5 heteroatoms. The van der Waals surface area contributed by atoms with Crippen LogP contribution in [0.5, 0.6) is 5.75 Å². The van der Waals surface area contributed by atoms with Crippen molar-refractivity contribution in [2.75, 3.05) is 5.73 Å². The van der Waals surface area contributed by atoms with Gasteiger partial charge in [-0.25, -0.2) is 0 Å². The van der Waals surface area contributed by atoms with E-state index in [1.165, 1.54) is 0 Å². The molecular weight excluding hydrogens is 296 g/mol. The summed E-state index contributed by atoms with van der Waals surface area (Å²) in [6.07, 6.45) is 0. The van der Waals surface area contributed by atoms with Crippen LogP contribution in [0.2, 0.25) is 0 Å². The molecule has 0 aliphatic carbocycles. The van der Waals surface area contributed by atoms with Gasteiger partial charge in [-0.2, -0.15) is 0 Å². The molecule has 0 amide bonds. The second-order valence-electron chi connectivity index (χ2n) is 3.94. The summed E-state index contributed by atoms with van der Waals surface area (Å²) in [5.41, 5.74) is 6.67. The van der Waals surface area contributed by atoms with Crippen LogP contribution in [0.3, 0.4) is 0 Å². The van der Waals surface area contributed by atoms with Crippen LogP contribution in [0.1, 0.15) is 0 Å². The molecule has 18 heavy (non-hydrogen) atoms. The summed E-state index contributed by atoms with van der Waals surface area (Å²) in [5, 5.41) is 15.7. The number of phenolic OH excluding ortho intramolecular Hbond substituents is 1. The van der Waals surface area contributed by atoms with Crippen LogP contribution < -0.4 is 5.73 Å². The average molecular weight is 305 g/mol. The Bertz CT molecular complexity index is 737. The van der Waals surface area contributed by atoms with Crippen LogP contribution >= 0.6 is 15.9 Å². The van der Waals surface area contributed by atoms with Crippen LogP contribution in [0.25, 0.3) is 22.0 Å². The molecule has 2 aromatic carbocycles. The number of nitrogens with two attached hydrogens (primary N) is 1. The van der Waals surface area contributed by atoms with Gasteiger partial charge in [0, 0.05) is 10.5 Å². The number of aromatic hydroxyl groups is 1. The molecule has 0 aliphatic heterocycles. The minimum absolute atomic E-state index is 0.151. The van der Waals surface area contributed by atoms with Gasteiger partial charge in [-0.3, -0.25) is 0 Å². The zero-order valence-corrected chi connectivity index (χ0v) is 10.8. The normalized spacial score (nSPS) is 10.9. The first kappa shape index (κ1) is 11.1. The number of nitrogens with zero attached hydrogens (tertiary/aromatic N) is 1. The van der Waals surface area contributed by atoms with Gasteiger partial charge in [-0.15, -0.1) is 0 Å². The largest absolute Gasteiger partial charge is 0.507 e. The summed E-state index contributed by atoms with van der Waals surface area (Å²) in [7, 11) is 0. The molecule has 0 bridgehead atoms. The highest BCUT2D eigenvalue weighted by molar-refractivity contribution is 9.10. The van der Waals surface area contributed by atoms with Gasteiger partial charge in [0.2, 0.25) is 5.88 Å². The Morgan fingerprint density at radius 1 is 1.17 bits per heavy atom. The molecule has 1 aromatic heterocycles. The van der Waals surface area contributed by atoms with Crippen molar-refractivity contribution in [3.8, 4) is 17.0 Å². The second kappa shape index (κ2) is 4.03. The van der Waals surface area contributed by atoms with Crippen LogP contribution in [0.15, 0.2) is 45.4 Å². The monoisotopic (exact) mass is 304 g/mol. The van der Waals surface area contributed by atoms with E-state index in [-0.39, 0.29) is 11.6 Å². The number of anilines is 1. The Hall–Kier alpha value is -2.01. The number of halogens is 1. The lowest BCUT2D eigenvalue weighted by Gasteiger charge is -2.06. The minimum Gasteiger partial charge on any atom is -0.507 e. The molecule has 90 valence electrons. The van der Waals surface area contributed by atoms with Gasteiger partial charge in [-0.1, -0.05) is 33.2 Å². The molecule has 0 saturated heterocycles. The quantitative estimate of drug-likeness (QED) is 0.721. The van der Waals surface area contributed by atoms with Crippen LogP contribution in [0.4, 0.5) is 5.88 Å². The molecule has 4 nitrogen and oxygen atoms in total. The maximum absolute atomic E-state index is 10.0. The Morgan fingerprint density at radius 3 is 2.72 bits per heavy atom. The van der Waals surface area contributed by atoms with Gasteiger partial charge in [0.15, 0.2) is 0 Å². The van der Waals surface area contributed by atoms with Crippen molar-refractivity contribution in [2.24, 2.45) is 0 Å². The van der Waals surface area contributed by atoms with Gasteiger partial charge in [0.25, 0.3) is 0 Å². The molecule has 0 saturated carbocycles. The molecule has 0 spiro atoms. The summed E-state index contributed by atoms with van der Waals surface area (Å²) in [6, 6.07) is 10.9. The molecule has 3 aromatic rings. The minimum atomic E-state index is 0.151. The van der Waals surface area contributed by atoms with E-state index in [1.807, 2.05) is 24.3 Å². The third-order valence-electron chi connectivity index (χ3n) is 2.74. The summed E-state index contributed by atoms with van der Waals surface area (Å²) >= 11 is 3.42. The van der Waals surface area contributed by atoms with E-state index in [4.69, 9.17) is 10.3 Å². The van der Waals surface area contributed by atoms with E-state index in [9.17, 15) is 5.11 Å². The maximum Gasteiger partial charge on any atom is 0.222 e. The van der Waals surface area contributed by atoms with E-state index >= 15 is 0 Å². The van der Waals surface area contributed by atoms with Crippen LogP contribution in [-0.2, 0) is 0 Å². The predicted octanol–water partition coefficient (Wildman–Crippen LogP) is 3.55. The first-order valence-corrected chi connectivity index (χ1v) is 6.08. The zero-order valence-electron chi connectivity index (χ0n) is 9.22. The second-order valence-corrected chi connectivity index (χ2v) is 4.86. The van der Waals surface area contributed by atoms with Gasteiger partial charge in [-0.05, 0) is 29.0 Å². The number of benzene rings is 2. The fraction of sp³-hybridized carbons (Fsp3) is 0. The van der Waals surface area contributed by atoms with Crippen molar-refractivity contribution >= 4 is 32.6 Å². The smallest absolute Gasteiger partial charge is 0.222 e. The summed E-state index contributed by atoms with van der Waals surface area (Å²) in [4.78, 5) is 0. The van der Waals surface area contributed by atoms with Crippen molar-refractivity contribution in [2.45, 2.75) is 0 Å². The van der Waals surface area contributed by atoms with E-state index in [0.717, 1.165) is 15.2 Å². The molecule has 0 fully saturated rings. The lowest BCUT2D eigenvalue weighted by Crippen LogP contribution is -1.83. The third kappa shape index (κ3) is 1.73. The van der Waals surface area contributed by atoms with Crippen LogP contribution in [-0.4, -0.2) is 10.3 Å². The number of aromatic nitrogens is 1.